The molecule has 7 nitrogen and oxygen atoms in total. The molecule has 0 atom stereocenters. The van der Waals surface area contributed by atoms with Crippen LogP contribution in [0.3, 0.4) is 0 Å². The minimum absolute atomic E-state index is 0.208. The highest BCUT2D eigenvalue weighted by Gasteiger charge is 2.10. The fourth-order valence-corrected chi connectivity index (χ4v) is 2.47. The zero-order valence-electron chi connectivity index (χ0n) is 13.0. The van der Waals surface area contributed by atoms with E-state index in [9.17, 15) is 4.79 Å². The van der Waals surface area contributed by atoms with Crippen LogP contribution in [0.15, 0.2) is 59.2 Å². The van der Waals surface area contributed by atoms with Crippen molar-refractivity contribution in [3.05, 3.63) is 59.2 Å². The third-order valence-corrected chi connectivity index (χ3v) is 3.88. The lowest BCUT2D eigenvalue weighted by atomic mass is 10.2. The number of aliphatic carboxylic acids is 1. The highest BCUT2D eigenvalue weighted by molar-refractivity contribution is 9.10. The molecule has 0 unspecified atom stereocenters. The highest BCUT2D eigenvalue weighted by Crippen LogP contribution is 2.26. The SMILES string of the molecule is O=C(O)CNc1nc(Nc2ccccc2Br)cc(-c2ccccn2)n1. The lowest BCUT2D eigenvalue weighted by Crippen LogP contribution is -2.15. The van der Waals surface area contributed by atoms with Crippen molar-refractivity contribution in [2.24, 2.45) is 0 Å². The molecule has 3 aromatic rings. The van der Waals surface area contributed by atoms with Crippen LogP contribution in [-0.2, 0) is 4.79 Å². The van der Waals surface area contributed by atoms with E-state index in [1.165, 1.54) is 0 Å². The normalized spacial score (nSPS) is 10.3. The van der Waals surface area contributed by atoms with Gasteiger partial charge in [0.15, 0.2) is 0 Å². The number of anilines is 3. The van der Waals surface area contributed by atoms with E-state index in [-0.39, 0.29) is 12.5 Å². The van der Waals surface area contributed by atoms with Gasteiger partial charge in [0.25, 0.3) is 0 Å². The van der Waals surface area contributed by atoms with E-state index in [1.807, 2.05) is 42.5 Å². The summed E-state index contributed by atoms with van der Waals surface area (Å²) in [6.45, 7) is -0.278. The second-order valence-electron chi connectivity index (χ2n) is 5.03. The van der Waals surface area contributed by atoms with Crippen LogP contribution in [0.2, 0.25) is 0 Å². The number of halogens is 1. The van der Waals surface area contributed by atoms with E-state index >= 15 is 0 Å². The smallest absolute Gasteiger partial charge is 0.322 e. The van der Waals surface area contributed by atoms with Gasteiger partial charge in [0, 0.05) is 16.7 Å². The average Bonchev–Trinajstić information content (AvgIpc) is 2.62. The minimum atomic E-state index is -0.993. The van der Waals surface area contributed by atoms with Crippen LogP contribution in [0.25, 0.3) is 11.4 Å². The summed E-state index contributed by atoms with van der Waals surface area (Å²) in [5, 5.41) is 14.7. The van der Waals surface area contributed by atoms with Crippen molar-refractivity contribution in [1.82, 2.24) is 15.0 Å². The Labute approximate surface area is 152 Å². The second kappa shape index (κ2) is 7.71. The van der Waals surface area contributed by atoms with Crippen molar-refractivity contribution in [3.63, 3.8) is 0 Å². The number of hydrogen-bond donors (Lipinski definition) is 3. The fraction of sp³-hybridized carbons (Fsp3) is 0.0588. The molecule has 25 heavy (non-hydrogen) atoms. The predicted molar refractivity (Wildman–Crippen MR) is 98.8 cm³/mol. The lowest BCUT2D eigenvalue weighted by molar-refractivity contribution is -0.134. The lowest BCUT2D eigenvalue weighted by Gasteiger charge is -2.11. The van der Waals surface area contributed by atoms with Gasteiger partial charge in [-0.15, -0.1) is 0 Å². The summed E-state index contributed by atoms with van der Waals surface area (Å²) in [4.78, 5) is 23.7. The number of carbonyl (C=O) groups is 1. The first kappa shape index (κ1) is 16.8. The zero-order valence-corrected chi connectivity index (χ0v) is 14.6. The predicted octanol–water partition coefficient (Wildman–Crippen LogP) is 3.54. The first-order valence-corrected chi connectivity index (χ1v) is 8.19. The molecule has 0 aliphatic carbocycles. The van der Waals surface area contributed by atoms with E-state index in [1.54, 1.807) is 12.3 Å². The maximum absolute atomic E-state index is 10.8. The maximum Gasteiger partial charge on any atom is 0.322 e. The third-order valence-electron chi connectivity index (χ3n) is 3.19. The summed E-state index contributed by atoms with van der Waals surface area (Å²) >= 11 is 3.47. The molecule has 126 valence electrons. The zero-order chi connectivity index (χ0) is 17.6. The van der Waals surface area contributed by atoms with Gasteiger partial charge in [-0.25, -0.2) is 4.98 Å². The standard InChI is InChI=1S/C17H14BrN5O2/c18-11-5-1-2-6-12(11)21-15-9-14(13-7-3-4-8-19-13)22-17(23-15)20-10-16(24)25/h1-9H,10H2,(H,24,25)(H2,20,21,22,23). The summed E-state index contributed by atoms with van der Waals surface area (Å²) in [6.07, 6.45) is 1.67. The number of carboxylic acid groups (broad SMARTS) is 1. The fourth-order valence-electron chi connectivity index (χ4n) is 2.09. The number of carboxylic acids is 1. The molecule has 0 spiro atoms. The Hall–Kier alpha value is -3.00. The molecule has 8 heteroatoms. The van der Waals surface area contributed by atoms with E-state index in [0.717, 1.165) is 10.2 Å². The van der Waals surface area contributed by atoms with Gasteiger partial charge in [-0.3, -0.25) is 9.78 Å². The maximum atomic E-state index is 10.8. The Kier molecular flexibility index (Phi) is 5.20. The molecule has 0 amide bonds. The van der Waals surface area contributed by atoms with Gasteiger partial charge >= 0.3 is 5.97 Å². The monoisotopic (exact) mass is 399 g/mol. The van der Waals surface area contributed by atoms with Gasteiger partial charge in [0.2, 0.25) is 5.95 Å². The molecule has 2 heterocycles. The van der Waals surface area contributed by atoms with Crippen LogP contribution < -0.4 is 10.6 Å². The first-order chi connectivity index (χ1) is 12.1. The molecule has 0 aliphatic heterocycles. The van der Waals surface area contributed by atoms with Gasteiger partial charge in [0.05, 0.1) is 17.1 Å². The molecule has 0 saturated carbocycles. The van der Waals surface area contributed by atoms with Crippen molar-refractivity contribution >= 4 is 39.4 Å². The van der Waals surface area contributed by atoms with Crippen molar-refractivity contribution in [2.75, 3.05) is 17.2 Å². The van der Waals surface area contributed by atoms with E-state index < -0.39 is 5.97 Å². The van der Waals surface area contributed by atoms with Gasteiger partial charge in [-0.05, 0) is 40.2 Å². The van der Waals surface area contributed by atoms with Gasteiger partial charge < -0.3 is 15.7 Å². The summed E-state index contributed by atoms with van der Waals surface area (Å²) in [5.41, 5.74) is 2.08. The van der Waals surface area contributed by atoms with Crippen LogP contribution in [0.1, 0.15) is 0 Å². The van der Waals surface area contributed by atoms with Crippen molar-refractivity contribution in [1.29, 1.82) is 0 Å². The highest BCUT2D eigenvalue weighted by atomic mass is 79.9. The Morgan fingerprint density at radius 3 is 2.60 bits per heavy atom. The van der Waals surface area contributed by atoms with Crippen molar-refractivity contribution < 1.29 is 9.90 Å². The molecular formula is C17H14BrN5O2. The topological polar surface area (TPSA) is 100 Å². The number of benzene rings is 1. The third kappa shape index (κ3) is 4.51. The number of nitrogens with one attached hydrogen (secondary N) is 2. The Morgan fingerprint density at radius 2 is 1.88 bits per heavy atom. The largest absolute Gasteiger partial charge is 0.480 e. The molecule has 3 rings (SSSR count). The average molecular weight is 400 g/mol. The Balaban J connectivity index is 1.97. The molecule has 0 bridgehead atoms. The Morgan fingerprint density at radius 1 is 1.08 bits per heavy atom. The first-order valence-electron chi connectivity index (χ1n) is 7.39. The Bertz CT molecular complexity index is 889. The van der Waals surface area contributed by atoms with E-state index in [4.69, 9.17) is 5.11 Å². The summed E-state index contributed by atoms with van der Waals surface area (Å²) in [7, 11) is 0. The molecule has 0 radical (unpaired) electrons. The quantitative estimate of drug-likeness (QED) is 0.582. The molecule has 1 aromatic carbocycles. The number of rotatable bonds is 6. The molecule has 2 aromatic heterocycles. The molecule has 0 aliphatic rings. The van der Waals surface area contributed by atoms with Crippen LogP contribution in [0.4, 0.5) is 17.5 Å². The van der Waals surface area contributed by atoms with Crippen molar-refractivity contribution in [3.8, 4) is 11.4 Å². The molecular weight excluding hydrogens is 386 g/mol. The number of nitrogens with zero attached hydrogens (tertiary/aromatic N) is 3. The van der Waals surface area contributed by atoms with Crippen LogP contribution in [0, 0.1) is 0 Å². The number of hydrogen-bond acceptors (Lipinski definition) is 6. The van der Waals surface area contributed by atoms with Gasteiger partial charge in [-0.1, -0.05) is 18.2 Å². The van der Waals surface area contributed by atoms with E-state index in [2.05, 4.69) is 41.5 Å². The minimum Gasteiger partial charge on any atom is -0.480 e. The molecule has 0 fully saturated rings. The summed E-state index contributed by atoms with van der Waals surface area (Å²) in [6, 6.07) is 14.9. The van der Waals surface area contributed by atoms with Gasteiger partial charge in [0.1, 0.15) is 12.4 Å². The van der Waals surface area contributed by atoms with Crippen molar-refractivity contribution in [2.45, 2.75) is 0 Å². The number of para-hydroxylation sites is 1. The van der Waals surface area contributed by atoms with Gasteiger partial charge in [-0.2, -0.15) is 4.98 Å². The summed E-state index contributed by atoms with van der Waals surface area (Å²) < 4.78 is 0.882. The number of aromatic nitrogens is 3. The molecule has 0 saturated heterocycles. The molecule has 3 N–H and O–H groups in total. The second-order valence-corrected chi connectivity index (χ2v) is 5.88. The van der Waals surface area contributed by atoms with E-state index in [0.29, 0.717) is 17.2 Å². The summed E-state index contributed by atoms with van der Waals surface area (Å²) in [5.74, 6) is -0.261. The van der Waals surface area contributed by atoms with Crippen LogP contribution in [0.5, 0.6) is 0 Å². The van der Waals surface area contributed by atoms with Crippen LogP contribution in [-0.4, -0.2) is 32.6 Å². The van der Waals surface area contributed by atoms with Crippen LogP contribution >= 0.6 is 15.9 Å². The number of pyridine rings is 1.